The van der Waals surface area contributed by atoms with Gasteiger partial charge in [-0.3, -0.25) is 0 Å². The van der Waals surface area contributed by atoms with Crippen LogP contribution in [0, 0.1) is 0 Å². The smallest absolute Gasteiger partial charge is 0.0955 e. The van der Waals surface area contributed by atoms with Gasteiger partial charge in [-0.25, -0.2) is 4.98 Å². The molecule has 0 spiro atoms. The van der Waals surface area contributed by atoms with Gasteiger partial charge in [-0.05, 0) is 18.9 Å². The monoisotopic (exact) mass is 176 g/mol. The second kappa shape index (κ2) is 3.60. The predicted octanol–water partition coefficient (Wildman–Crippen LogP) is 0.967. The first-order valence-electron chi connectivity index (χ1n) is 4.14. The molecule has 1 heterocycles. The number of hydrogen-bond acceptors (Lipinski definition) is 1. The third kappa shape index (κ3) is 1.57. The van der Waals surface area contributed by atoms with Crippen molar-refractivity contribution < 1.29 is 0 Å². The molecule has 0 amide bonds. The van der Waals surface area contributed by atoms with E-state index >= 15 is 0 Å². The van der Waals surface area contributed by atoms with Crippen molar-refractivity contribution in [1.82, 2.24) is 9.55 Å². The van der Waals surface area contributed by atoms with Crippen molar-refractivity contribution in [1.29, 1.82) is 0 Å². The standard InChI is InChI=1S/C10H12N2.CH4/c1-8-5-3-4-6-9-10(8)11-7-12(9)2;/h3,5-7H,4H2,1-2H3;1H4. The zero-order chi connectivity index (χ0) is 8.55. The van der Waals surface area contributed by atoms with E-state index in [2.05, 4.69) is 34.7 Å². The number of allylic oxidation sites excluding steroid dienone is 2. The first-order valence-corrected chi connectivity index (χ1v) is 4.14. The minimum absolute atomic E-state index is 0. The van der Waals surface area contributed by atoms with E-state index in [1.165, 1.54) is 10.9 Å². The topological polar surface area (TPSA) is 17.8 Å². The predicted molar refractivity (Wildman–Crippen MR) is 56.5 cm³/mol. The number of fused-ring (bicyclic) bond motifs is 1. The Morgan fingerprint density at radius 2 is 2.23 bits per heavy atom. The maximum Gasteiger partial charge on any atom is 0.0955 e. The molecule has 70 valence electrons. The summed E-state index contributed by atoms with van der Waals surface area (Å²) in [4.78, 5) is 4.34. The summed E-state index contributed by atoms with van der Waals surface area (Å²) in [5, 5.41) is 2.35. The van der Waals surface area contributed by atoms with Gasteiger partial charge in [0.25, 0.3) is 0 Å². The summed E-state index contributed by atoms with van der Waals surface area (Å²) >= 11 is 0. The third-order valence-corrected chi connectivity index (χ3v) is 2.17. The van der Waals surface area contributed by atoms with E-state index in [1.807, 2.05) is 13.4 Å². The van der Waals surface area contributed by atoms with E-state index < -0.39 is 0 Å². The first-order chi connectivity index (χ1) is 5.79. The molecule has 13 heavy (non-hydrogen) atoms. The van der Waals surface area contributed by atoms with Gasteiger partial charge in [-0.2, -0.15) is 0 Å². The van der Waals surface area contributed by atoms with Gasteiger partial charge in [0.05, 0.1) is 17.0 Å². The highest BCUT2D eigenvalue weighted by Gasteiger charge is 1.97. The Hall–Kier alpha value is -1.31. The highest BCUT2D eigenvalue weighted by Crippen LogP contribution is 1.96. The maximum absolute atomic E-state index is 4.34. The minimum Gasteiger partial charge on any atom is -0.334 e. The zero-order valence-electron chi connectivity index (χ0n) is 7.41. The Morgan fingerprint density at radius 1 is 1.46 bits per heavy atom. The van der Waals surface area contributed by atoms with Gasteiger partial charge in [0.1, 0.15) is 0 Å². The van der Waals surface area contributed by atoms with Gasteiger partial charge in [0.15, 0.2) is 0 Å². The Balaban J connectivity index is 0.000000845. The normalized spacial score (nSPS) is 14.2. The van der Waals surface area contributed by atoms with E-state index in [0.717, 1.165) is 11.8 Å². The quantitative estimate of drug-likeness (QED) is 0.576. The van der Waals surface area contributed by atoms with E-state index in [9.17, 15) is 0 Å². The molecule has 1 aliphatic carbocycles. The van der Waals surface area contributed by atoms with Gasteiger partial charge >= 0.3 is 0 Å². The molecule has 0 radical (unpaired) electrons. The summed E-state index contributed by atoms with van der Waals surface area (Å²) in [6, 6.07) is 0. The molecule has 0 N–H and O–H groups in total. The largest absolute Gasteiger partial charge is 0.334 e. The van der Waals surface area contributed by atoms with Crippen molar-refractivity contribution in [2.24, 2.45) is 7.05 Å². The second-order valence-electron chi connectivity index (χ2n) is 3.11. The minimum atomic E-state index is 0. The van der Waals surface area contributed by atoms with Crippen molar-refractivity contribution >= 4 is 11.6 Å². The molecule has 1 aliphatic rings. The molecule has 0 aliphatic heterocycles. The molecule has 2 nitrogen and oxygen atoms in total. The summed E-state index contributed by atoms with van der Waals surface area (Å²) in [6.45, 7) is 2.10. The van der Waals surface area contributed by atoms with Crippen LogP contribution in [0.1, 0.15) is 20.8 Å². The van der Waals surface area contributed by atoms with Gasteiger partial charge in [-0.1, -0.05) is 25.7 Å². The van der Waals surface area contributed by atoms with Gasteiger partial charge < -0.3 is 4.57 Å². The lowest BCUT2D eigenvalue weighted by molar-refractivity contribution is 0.878. The number of hydrogen-bond donors (Lipinski definition) is 0. The molecule has 0 saturated heterocycles. The fourth-order valence-electron chi connectivity index (χ4n) is 1.49. The lowest BCUT2D eigenvalue weighted by atomic mass is 10.3. The van der Waals surface area contributed by atoms with Crippen molar-refractivity contribution in [2.45, 2.75) is 20.8 Å². The van der Waals surface area contributed by atoms with Crippen molar-refractivity contribution in [3.05, 3.63) is 29.2 Å². The summed E-state index contributed by atoms with van der Waals surface area (Å²) in [5.74, 6) is 0. The second-order valence-corrected chi connectivity index (χ2v) is 3.11. The number of rotatable bonds is 0. The summed E-state index contributed by atoms with van der Waals surface area (Å²) < 4.78 is 2.06. The summed E-state index contributed by atoms with van der Waals surface area (Å²) in [7, 11) is 2.03. The molecule has 2 heteroatoms. The number of aryl methyl sites for hydroxylation is 1. The van der Waals surface area contributed by atoms with E-state index in [0.29, 0.717) is 0 Å². The lowest BCUT2D eigenvalue weighted by Crippen LogP contribution is -2.29. The third-order valence-electron chi connectivity index (χ3n) is 2.17. The van der Waals surface area contributed by atoms with Crippen LogP contribution in [0.4, 0.5) is 0 Å². The summed E-state index contributed by atoms with van der Waals surface area (Å²) in [6.07, 6.45) is 9.37. The van der Waals surface area contributed by atoms with Crippen LogP contribution in [0.3, 0.4) is 0 Å². The Morgan fingerprint density at radius 3 is 3.00 bits per heavy atom. The Kier molecular flexibility index (Phi) is 2.71. The van der Waals surface area contributed by atoms with E-state index in [1.54, 1.807) is 0 Å². The molecular weight excluding hydrogens is 160 g/mol. The zero-order valence-corrected chi connectivity index (χ0v) is 7.41. The fraction of sp³-hybridized carbons (Fsp3) is 0.364. The molecule has 0 bridgehead atoms. The summed E-state index contributed by atoms with van der Waals surface area (Å²) in [5.41, 5.74) is 1.25. The molecule has 2 rings (SSSR count). The first kappa shape index (κ1) is 9.78. The molecule has 1 aromatic heterocycles. The van der Waals surface area contributed by atoms with E-state index in [4.69, 9.17) is 0 Å². The van der Waals surface area contributed by atoms with E-state index in [-0.39, 0.29) is 7.43 Å². The van der Waals surface area contributed by atoms with Crippen LogP contribution >= 0.6 is 0 Å². The van der Waals surface area contributed by atoms with Gasteiger partial charge in [0.2, 0.25) is 0 Å². The highest BCUT2D eigenvalue weighted by atomic mass is 15.0. The van der Waals surface area contributed by atoms with Crippen molar-refractivity contribution in [3.8, 4) is 0 Å². The van der Waals surface area contributed by atoms with Crippen molar-refractivity contribution in [3.63, 3.8) is 0 Å². The molecule has 0 aromatic carbocycles. The molecule has 0 unspecified atom stereocenters. The lowest BCUT2D eigenvalue weighted by Gasteiger charge is -1.87. The van der Waals surface area contributed by atoms with Crippen LogP contribution < -0.4 is 10.7 Å². The van der Waals surface area contributed by atoms with Crippen LogP contribution in [0.25, 0.3) is 11.6 Å². The van der Waals surface area contributed by atoms with Crippen LogP contribution in [-0.4, -0.2) is 9.55 Å². The Labute approximate surface area is 78.9 Å². The maximum atomic E-state index is 4.34. The number of imidazole rings is 1. The van der Waals surface area contributed by atoms with Crippen LogP contribution in [0.2, 0.25) is 0 Å². The van der Waals surface area contributed by atoms with Gasteiger partial charge in [-0.15, -0.1) is 0 Å². The SMILES string of the molecule is C.CC1=c2ncn(C)c2=CCC=C1. The Bertz CT molecular complexity index is 435. The molecule has 0 saturated carbocycles. The van der Waals surface area contributed by atoms with Gasteiger partial charge in [0, 0.05) is 7.05 Å². The molecule has 1 aromatic rings. The average Bonchev–Trinajstić information content (AvgIpc) is 2.30. The molecular formula is C11H16N2. The number of nitrogens with zero attached hydrogens (tertiary/aromatic N) is 2. The van der Waals surface area contributed by atoms with Crippen LogP contribution in [-0.2, 0) is 7.05 Å². The molecule has 0 atom stereocenters. The fourth-order valence-corrected chi connectivity index (χ4v) is 1.49. The average molecular weight is 176 g/mol. The van der Waals surface area contributed by atoms with Crippen molar-refractivity contribution in [2.75, 3.05) is 0 Å². The van der Waals surface area contributed by atoms with Crippen LogP contribution in [0.5, 0.6) is 0 Å². The van der Waals surface area contributed by atoms with Crippen LogP contribution in [0.15, 0.2) is 18.5 Å². The molecule has 0 fully saturated rings. The number of aromatic nitrogens is 2. The highest BCUT2D eigenvalue weighted by molar-refractivity contribution is 5.55.